The molecule has 0 atom stereocenters. The molecule has 1 saturated carbocycles. The molecule has 1 aromatic carbocycles. The average Bonchev–Trinajstić information content (AvgIpc) is 3.40. The first-order valence-corrected chi connectivity index (χ1v) is 9.75. The first-order valence-electron chi connectivity index (χ1n) is 9.75. The number of benzene rings is 1. The van der Waals surface area contributed by atoms with Crippen molar-refractivity contribution in [3.8, 4) is 16.8 Å². The molecule has 2 heterocycles. The van der Waals surface area contributed by atoms with Gasteiger partial charge in [0.25, 0.3) is 5.91 Å². The van der Waals surface area contributed by atoms with Crippen LogP contribution in [-0.2, 0) is 4.79 Å². The largest absolute Gasteiger partial charge is 0.349 e. The van der Waals surface area contributed by atoms with Crippen molar-refractivity contribution >= 4 is 17.5 Å². The third-order valence-electron chi connectivity index (χ3n) is 4.90. The molecule has 2 amide bonds. The van der Waals surface area contributed by atoms with Crippen molar-refractivity contribution < 1.29 is 9.59 Å². The highest BCUT2D eigenvalue weighted by atomic mass is 16.2. The number of nitrogens with zero attached hydrogens (tertiary/aromatic N) is 3. The maximum Gasteiger partial charge on any atom is 0.251 e. The van der Waals surface area contributed by atoms with Crippen LogP contribution in [0.25, 0.3) is 16.8 Å². The van der Waals surface area contributed by atoms with Gasteiger partial charge in [-0.25, -0.2) is 4.68 Å². The van der Waals surface area contributed by atoms with E-state index in [0.717, 1.165) is 35.2 Å². The summed E-state index contributed by atoms with van der Waals surface area (Å²) in [6.07, 6.45) is 9.47. The zero-order chi connectivity index (χ0) is 20.4. The van der Waals surface area contributed by atoms with E-state index in [9.17, 15) is 9.59 Å². The lowest BCUT2D eigenvalue weighted by atomic mass is 10.0. The molecule has 1 aliphatic carbocycles. The number of aromatic nitrogens is 3. The van der Waals surface area contributed by atoms with E-state index in [1.807, 2.05) is 37.4 Å². The Bertz CT molecular complexity index is 1070. The van der Waals surface area contributed by atoms with Crippen LogP contribution < -0.4 is 10.6 Å². The lowest BCUT2D eigenvalue weighted by Gasteiger charge is -2.08. The molecule has 0 unspecified atom stereocenters. The SMILES string of the molecule is CCC(=O)Nc1cncc(-n2cc(-c3cc(C(=O)NC4CC4)ccc3C)cn2)c1. The van der Waals surface area contributed by atoms with E-state index in [1.54, 1.807) is 30.2 Å². The van der Waals surface area contributed by atoms with Crippen molar-refractivity contribution in [2.24, 2.45) is 0 Å². The Morgan fingerprint density at radius 3 is 2.76 bits per heavy atom. The molecule has 1 fully saturated rings. The number of aryl methyl sites for hydroxylation is 1. The maximum absolute atomic E-state index is 12.4. The predicted molar refractivity (Wildman–Crippen MR) is 111 cm³/mol. The van der Waals surface area contributed by atoms with Gasteiger partial charge in [0.1, 0.15) is 0 Å². The highest BCUT2D eigenvalue weighted by molar-refractivity contribution is 5.96. The van der Waals surface area contributed by atoms with Crippen molar-refractivity contribution in [2.45, 2.75) is 39.2 Å². The molecule has 3 aromatic rings. The minimum atomic E-state index is -0.0676. The summed E-state index contributed by atoms with van der Waals surface area (Å²) in [5.41, 5.74) is 4.95. The van der Waals surface area contributed by atoms with Crippen LogP contribution in [0.2, 0.25) is 0 Å². The van der Waals surface area contributed by atoms with Gasteiger partial charge in [-0.3, -0.25) is 14.6 Å². The Kier molecular flexibility index (Phi) is 5.12. The first kappa shape index (κ1) is 18.9. The smallest absolute Gasteiger partial charge is 0.251 e. The van der Waals surface area contributed by atoms with Gasteiger partial charge in [0, 0.05) is 29.8 Å². The Labute approximate surface area is 169 Å². The summed E-state index contributed by atoms with van der Waals surface area (Å²) < 4.78 is 1.71. The second-order valence-electron chi connectivity index (χ2n) is 7.28. The summed E-state index contributed by atoms with van der Waals surface area (Å²) in [6.45, 7) is 3.81. The Morgan fingerprint density at radius 1 is 1.17 bits per heavy atom. The summed E-state index contributed by atoms with van der Waals surface area (Å²) in [4.78, 5) is 28.2. The van der Waals surface area contributed by atoms with Crippen LogP contribution in [-0.4, -0.2) is 32.6 Å². The molecule has 29 heavy (non-hydrogen) atoms. The van der Waals surface area contributed by atoms with Crippen LogP contribution in [0.15, 0.2) is 49.1 Å². The topological polar surface area (TPSA) is 88.9 Å². The monoisotopic (exact) mass is 389 g/mol. The van der Waals surface area contributed by atoms with Crippen LogP contribution in [0, 0.1) is 6.92 Å². The fourth-order valence-corrected chi connectivity index (χ4v) is 3.04. The molecule has 2 aromatic heterocycles. The molecule has 4 rings (SSSR count). The Hall–Kier alpha value is -3.48. The predicted octanol–water partition coefficient (Wildman–Crippen LogP) is 3.48. The molecule has 0 radical (unpaired) electrons. The number of hydrogen-bond donors (Lipinski definition) is 2. The second kappa shape index (κ2) is 7.87. The zero-order valence-electron chi connectivity index (χ0n) is 16.5. The van der Waals surface area contributed by atoms with Crippen molar-refractivity contribution in [1.29, 1.82) is 0 Å². The standard InChI is InChI=1S/C22H23N5O2/c1-3-21(28)25-18-9-19(12-23-11-18)27-13-16(10-24-27)20-8-15(5-4-14(20)2)22(29)26-17-6-7-17/h4-5,8-13,17H,3,6-7H2,1-2H3,(H,25,28)(H,26,29). The molecular formula is C22H23N5O2. The molecule has 0 aliphatic heterocycles. The third kappa shape index (κ3) is 4.34. The number of pyridine rings is 1. The van der Waals surface area contributed by atoms with E-state index in [-0.39, 0.29) is 11.8 Å². The molecule has 7 heteroatoms. The highest BCUT2D eigenvalue weighted by Crippen LogP contribution is 2.26. The van der Waals surface area contributed by atoms with E-state index in [1.165, 1.54) is 0 Å². The van der Waals surface area contributed by atoms with Crippen molar-refractivity contribution in [2.75, 3.05) is 5.32 Å². The zero-order valence-corrected chi connectivity index (χ0v) is 16.5. The van der Waals surface area contributed by atoms with Gasteiger partial charge in [-0.2, -0.15) is 5.10 Å². The molecule has 0 spiro atoms. The molecule has 7 nitrogen and oxygen atoms in total. The average molecular weight is 389 g/mol. The normalized spacial score (nSPS) is 13.2. The summed E-state index contributed by atoms with van der Waals surface area (Å²) in [6, 6.07) is 7.86. The summed E-state index contributed by atoms with van der Waals surface area (Å²) >= 11 is 0. The summed E-state index contributed by atoms with van der Waals surface area (Å²) in [5, 5.41) is 10.3. The minimum absolute atomic E-state index is 0.0373. The third-order valence-corrected chi connectivity index (χ3v) is 4.90. The molecule has 2 N–H and O–H groups in total. The van der Waals surface area contributed by atoms with E-state index in [0.29, 0.717) is 23.7 Å². The van der Waals surface area contributed by atoms with Gasteiger partial charge in [0.05, 0.1) is 30.0 Å². The molecule has 0 saturated heterocycles. The van der Waals surface area contributed by atoms with E-state index < -0.39 is 0 Å². The first-order chi connectivity index (χ1) is 14.0. The number of carbonyl (C=O) groups excluding carboxylic acids is 2. The highest BCUT2D eigenvalue weighted by Gasteiger charge is 2.24. The lowest BCUT2D eigenvalue weighted by molar-refractivity contribution is -0.115. The van der Waals surface area contributed by atoms with Crippen LogP contribution in [0.4, 0.5) is 5.69 Å². The van der Waals surface area contributed by atoms with Gasteiger partial charge in [0.2, 0.25) is 5.91 Å². The number of amides is 2. The van der Waals surface area contributed by atoms with Crippen LogP contribution in [0.5, 0.6) is 0 Å². The molecule has 0 bridgehead atoms. The quantitative estimate of drug-likeness (QED) is 0.675. The van der Waals surface area contributed by atoms with Crippen LogP contribution in [0.3, 0.4) is 0 Å². The van der Waals surface area contributed by atoms with Crippen molar-refractivity contribution in [1.82, 2.24) is 20.1 Å². The van der Waals surface area contributed by atoms with E-state index in [4.69, 9.17) is 0 Å². The number of nitrogens with one attached hydrogen (secondary N) is 2. The van der Waals surface area contributed by atoms with Crippen LogP contribution >= 0.6 is 0 Å². The van der Waals surface area contributed by atoms with Gasteiger partial charge in [-0.05, 0) is 49.1 Å². The lowest BCUT2D eigenvalue weighted by Crippen LogP contribution is -2.25. The number of hydrogen-bond acceptors (Lipinski definition) is 4. The fraction of sp³-hybridized carbons (Fsp3) is 0.273. The van der Waals surface area contributed by atoms with Gasteiger partial charge in [-0.15, -0.1) is 0 Å². The summed E-state index contributed by atoms with van der Waals surface area (Å²) in [5.74, 6) is -0.105. The number of rotatable bonds is 6. The van der Waals surface area contributed by atoms with E-state index in [2.05, 4.69) is 20.7 Å². The van der Waals surface area contributed by atoms with Crippen molar-refractivity contribution in [3.05, 3.63) is 60.2 Å². The summed E-state index contributed by atoms with van der Waals surface area (Å²) in [7, 11) is 0. The Morgan fingerprint density at radius 2 is 2.00 bits per heavy atom. The maximum atomic E-state index is 12.4. The van der Waals surface area contributed by atoms with Gasteiger partial charge in [-0.1, -0.05) is 13.0 Å². The van der Waals surface area contributed by atoms with Gasteiger partial charge < -0.3 is 10.6 Å². The van der Waals surface area contributed by atoms with Crippen LogP contribution in [0.1, 0.15) is 42.1 Å². The van der Waals surface area contributed by atoms with Gasteiger partial charge in [0.15, 0.2) is 0 Å². The number of carbonyl (C=O) groups is 2. The minimum Gasteiger partial charge on any atom is -0.349 e. The number of anilines is 1. The van der Waals surface area contributed by atoms with Gasteiger partial charge >= 0.3 is 0 Å². The molecule has 148 valence electrons. The molecular weight excluding hydrogens is 366 g/mol. The van der Waals surface area contributed by atoms with E-state index >= 15 is 0 Å². The fourth-order valence-electron chi connectivity index (χ4n) is 3.04. The molecule has 1 aliphatic rings. The Balaban J connectivity index is 1.60. The second-order valence-corrected chi connectivity index (χ2v) is 7.28. The van der Waals surface area contributed by atoms with Crippen molar-refractivity contribution in [3.63, 3.8) is 0 Å².